The average Bonchev–Trinajstić information content (AvgIpc) is 3.35. The standard InChI is InChI=1S/C39H35N2S.HI/c1-22-33(29-20-23(38(2,3)4)13-15-25(29)30-17-14-24(21-40-30)39(5,6)7)28-16-18-32-36-34-26(10-8-12-31(34)42-32)27-11-9-19-41(22)37(27)35(28)36;/h8-21,33H,1H2,2-7H3;1H/q+1;. The number of nitrogens with one attached hydrogen (secondary N) is 1. The van der Waals surface area contributed by atoms with E-state index in [0.29, 0.717) is 0 Å². The molecule has 1 unspecified atom stereocenters. The van der Waals surface area contributed by atoms with Crippen molar-refractivity contribution < 1.29 is 33.5 Å². The number of halogens is 1. The van der Waals surface area contributed by atoms with Gasteiger partial charge in [0, 0.05) is 37.9 Å². The second-order valence-corrected chi connectivity index (χ2v) is 15.1. The van der Waals surface area contributed by atoms with Gasteiger partial charge in [-0.1, -0.05) is 71.9 Å². The fraction of sp³-hybridized carbons (Fsp3) is 0.231. The summed E-state index contributed by atoms with van der Waals surface area (Å²) in [6.45, 7) is 18.5. The van der Waals surface area contributed by atoms with Crippen LogP contribution < -0.4 is 33.5 Å². The molecular formula is C39H36IN2S+. The highest BCUT2D eigenvalue weighted by Crippen LogP contribution is 2.51. The SMILES string of the molecule is C=C1C(c2cc(C(C)(C)C)ccc2-c2ccc(C(C)(C)C)c[nH+]2)c2ccc3sc4cccc5c6ccc[n+]1c6c2c3c45.[I-]. The Morgan fingerprint density at radius 3 is 2.16 bits per heavy atom. The molecule has 0 saturated carbocycles. The zero-order chi connectivity index (χ0) is 29.1. The number of nitrogens with zero attached hydrogens (tertiary/aromatic N) is 1. The molecule has 4 heteroatoms. The van der Waals surface area contributed by atoms with Crippen molar-refractivity contribution in [2.24, 2.45) is 0 Å². The van der Waals surface area contributed by atoms with Crippen molar-refractivity contribution in [3.05, 3.63) is 114 Å². The van der Waals surface area contributed by atoms with E-state index in [2.05, 4.69) is 136 Å². The van der Waals surface area contributed by atoms with E-state index in [9.17, 15) is 0 Å². The third-order valence-corrected chi connectivity index (χ3v) is 10.5. The van der Waals surface area contributed by atoms with Crippen LogP contribution in [0.2, 0.25) is 0 Å². The Kier molecular flexibility index (Phi) is 6.33. The van der Waals surface area contributed by atoms with Crippen LogP contribution in [0.4, 0.5) is 0 Å². The summed E-state index contributed by atoms with van der Waals surface area (Å²) in [6, 6.07) is 27.6. The van der Waals surface area contributed by atoms with Crippen LogP contribution in [0.15, 0.2) is 91.8 Å². The molecule has 7 aromatic rings. The minimum absolute atomic E-state index is 0. The number of pyridine rings is 2. The van der Waals surface area contributed by atoms with Gasteiger partial charge in [-0.05, 0) is 69.8 Å². The predicted octanol–water partition coefficient (Wildman–Crippen LogP) is 6.78. The number of rotatable bonds is 2. The molecule has 0 bridgehead atoms. The van der Waals surface area contributed by atoms with Gasteiger partial charge in [0.25, 0.3) is 0 Å². The lowest BCUT2D eigenvalue weighted by atomic mass is 9.76. The molecule has 1 atom stereocenters. The summed E-state index contributed by atoms with van der Waals surface area (Å²) in [4.78, 5) is 3.68. The fourth-order valence-electron chi connectivity index (χ4n) is 7.10. The molecule has 43 heavy (non-hydrogen) atoms. The molecule has 1 aliphatic rings. The minimum atomic E-state index is 0. The highest BCUT2D eigenvalue weighted by atomic mass is 127. The van der Waals surface area contributed by atoms with Crippen LogP contribution in [0, 0.1) is 0 Å². The number of hydrogen-bond donors (Lipinski definition) is 0. The van der Waals surface area contributed by atoms with E-state index in [-0.39, 0.29) is 40.7 Å². The van der Waals surface area contributed by atoms with Crippen LogP contribution in [-0.2, 0) is 10.8 Å². The van der Waals surface area contributed by atoms with E-state index in [0.717, 1.165) is 11.4 Å². The van der Waals surface area contributed by atoms with Crippen molar-refractivity contribution in [2.75, 3.05) is 0 Å². The van der Waals surface area contributed by atoms with Crippen molar-refractivity contribution >= 4 is 58.9 Å². The first-order chi connectivity index (χ1) is 20.0. The van der Waals surface area contributed by atoms with Crippen molar-refractivity contribution in [1.82, 2.24) is 0 Å². The van der Waals surface area contributed by atoms with Crippen molar-refractivity contribution in [3.63, 3.8) is 0 Å². The Morgan fingerprint density at radius 2 is 1.44 bits per heavy atom. The Balaban J connectivity index is 0.00000300. The molecule has 8 rings (SSSR count). The van der Waals surface area contributed by atoms with Gasteiger partial charge >= 0.3 is 0 Å². The van der Waals surface area contributed by atoms with Crippen LogP contribution in [0.3, 0.4) is 0 Å². The molecule has 214 valence electrons. The Morgan fingerprint density at radius 1 is 0.721 bits per heavy atom. The van der Waals surface area contributed by atoms with Gasteiger partial charge in [-0.25, -0.2) is 4.98 Å². The van der Waals surface area contributed by atoms with E-state index in [4.69, 9.17) is 6.58 Å². The van der Waals surface area contributed by atoms with Gasteiger partial charge in [0.05, 0.1) is 22.3 Å². The molecule has 0 fully saturated rings. The lowest BCUT2D eigenvalue weighted by molar-refractivity contribution is -0.555. The van der Waals surface area contributed by atoms with E-state index in [1.54, 1.807) is 0 Å². The van der Waals surface area contributed by atoms with Gasteiger partial charge in [-0.2, -0.15) is 4.57 Å². The molecule has 1 aliphatic heterocycles. The molecule has 3 aromatic heterocycles. The number of aromatic nitrogens is 2. The normalized spacial score (nSPS) is 15.3. The third-order valence-electron chi connectivity index (χ3n) is 9.37. The minimum Gasteiger partial charge on any atom is -1.00 e. The molecule has 0 aliphatic carbocycles. The highest BCUT2D eigenvalue weighted by molar-refractivity contribution is 7.26. The maximum absolute atomic E-state index is 4.82. The quantitative estimate of drug-likeness (QED) is 0.108. The predicted molar refractivity (Wildman–Crippen MR) is 179 cm³/mol. The van der Waals surface area contributed by atoms with Crippen molar-refractivity contribution in [2.45, 2.75) is 58.3 Å². The molecule has 4 heterocycles. The van der Waals surface area contributed by atoms with E-state index in [1.807, 2.05) is 11.3 Å². The molecule has 4 aromatic carbocycles. The van der Waals surface area contributed by atoms with Crippen LogP contribution in [0.1, 0.15) is 69.7 Å². The lowest BCUT2D eigenvalue weighted by Gasteiger charge is -2.27. The number of thiophene rings is 1. The van der Waals surface area contributed by atoms with Crippen LogP contribution in [-0.4, -0.2) is 0 Å². The van der Waals surface area contributed by atoms with E-state index >= 15 is 0 Å². The molecule has 1 N–H and O–H groups in total. The highest BCUT2D eigenvalue weighted by Gasteiger charge is 2.38. The van der Waals surface area contributed by atoms with E-state index in [1.165, 1.54) is 69.7 Å². The van der Waals surface area contributed by atoms with Gasteiger partial charge in [0.1, 0.15) is 0 Å². The Bertz CT molecular complexity index is 2230. The summed E-state index contributed by atoms with van der Waals surface area (Å²) in [5, 5.41) is 6.83. The lowest BCUT2D eigenvalue weighted by Crippen LogP contribution is -3.00. The summed E-state index contributed by atoms with van der Waals surface area (Å²) in [7, 11) is 0. The van der Waals surface area contributed by atoms with Gasteiger partial charge in [-0.15, -0.1) is 11.3 Å². The summed E-state index contributed by atoms with van der Waals surface area (Å²) < 4.78 is 5.10. The van der Waals surface area contributed by atoms with Crippen LogP contribution in [0.25, 0.3) is 58.8 Å². The zero-order valence-corrected chi connectivity index (χ0v) is 28.6. The number of fused-ring (bicyclic) bond motifs is 1. The number of hydrogen-bond acceptors (Lipinski definition) is 1. The molecule has 0 amide bonds. The molecular weight excluding hydrogens is 655 g/mol. The molecule has 2 nitrogen and oxygen atoms in total. The van der Waals surface area contributed by atoms with Gasteiger partial charge in [-0.3, -0.25) is 0 Å². The second-order valence-electron chi connectivity index (χ2n) is 14.0. The summed E-state index contributed by atoms with van der Waals surface area (Å²) >= 11 is 1.91. The monoisotopic (exact) mass is 691 g/mol. The van der Waals surface area contributed by atoms with Crippen molar-refractivity contribution in [1.29, 1.82) is 0 Å². The maximum Gasteiger partial charge on any atom is 0.227 e. The summed E-state index contributed by atoms with van der Waals surface area (Å²) in [5.74, 6) is 0.0188. The maximum atomic E-state index is 4.82. The summed E-state index contributed by atoms with van der Waals surface area (Å²) in [6.07, 6.45) is 4.39. The average molecular weight is 692 g/mol. The number of benzene rings is 4. The topological polar surface area (TPSA) is 18.0 Å². The van der Waals surface area contributed by atoms with Gasteiger partial charge in [0.2, 0.25) is 11.2 Å². The smallest absolute Gasteiger partial charge is 0.227 e. The fourth-order valence-corrected chi connectivity index (χ4v) is 8.24. The first-order valence-electron chi connectivity index (χ1n) is 14.9. The number of H-pyrrole nitrogens is 1. The van der Waals surface area contributed by atoms with Crippen LogP contribution >= 0.6 is 11.3 Å². The molecule has 0 radical (unpaired) electrons. The molecule has 0 saturated heterocycles. The van der Waals surface area contributed by atoms with E-state index < -0.39 is 0 Å². The third kappa shape index (κ3) is 4.09. The Hall–Kier alpha value is -3.35. The van der Waals surface area contributed by atoms with Crippen LogP contribution in [0.5, 0.6) is 0 Å². The summed E-state index contributed by atoms with van der Waals surface area (Å²) in [5.41, 5.74) is 10.2. The zero-order valence-electron chi connectivity index (χ0n) is 25.6. The van der Waals surface area contributed by atoms with Crippen molar-refractivity contribution in [3.8, 4) is 11.3 Å². The Labute approximate surface area is 274 Å². The largest absolute Gasteiger partial charge is 1.00 e. The second kappa shape index (κ2) is 9.57. The number of aromatic amines is 1. The number of allylic oxidation sites excluding steroid dienone is 1. The first-order valence-corrected chi connectivity index (χ1v) is 15.7. The van der Waals surface area contributed by atoms with Gasteiger partial charge < -0.3 is 24.0 Å². The van der Waals surface area contributed by atoms with Gasteiger partial charge in [0.15, 0.2) is 18.1 Å². The molecule has 0 spiro atoms. The first kappa shape index (κ1) is 28.4.